The van der Waals surface area contributed by atoms with E-state index in [1.807, 2.05) is 6.92 Å². The van der Waals surface area contributed by atoms with E-state index in [-0.39, 0.29) is 23.0 Å². The minimum Gasteiger partial charge on any atom is -0.507 e. The number of methoxy groups -OCH3 is 2. The number of amides is 1. The number of phenols is 1. The van der Waals surface area contributed by atoms with Crippen LogP contribution in [0.1, 0.15) is 42.6 Å². The van der Waals surface area contributed by atoms with Gasteiger partial charge in [0.05, 0.1) is 14.2 Å². The fourth-order valence-electron chi connectivity index (χ4n) is 3.36. The number of likely N-dealkylation sites (tertiary alicyclic amines) is 1. The second kappa shape index (κ2) is 8.24. The van der Waals surface area contributed by atoms with Crippen molar-refractivity contribution in [2.24, 2.45) is 0 Å². The molecule has 0 saturated carbocycles. The first-order chi connectivity index (χ1) is 11.6. The topological polar surface area (TPSA) is 71.0 Å². The smallest absolute Gasteiger partial charge is 0.259 e. The lowest BCUT2D eigenvalue weighted by Gasteiger charge is -2.23. The summed E-state index contributed by atoms with van der Waals surface area (Å²) in [6.07, 6.45) is 2.83. The first kappa shape index (κ1) is 18.4. The molecule has 1 aromatic rings. The van der Waals surface area contributed by atoms with Gasteiger partial charge in [-0.05, 0) is 44.0 Å². The van der Waals surface area contributed by atoms with E-state index in [4.69, 9.17) is 9.47 Å². The van der Waals surface area contributed by atoms with Gasteiger partial charge in [-0.25, -0.2) is 0 Å². The third kappa shape index (κ3) is 3.59. The minimum absolute atomic E-state index is 0.0357. The number of phenolic OH excluding ortho intramolecular Hbond substituents is 1. The van der Waals surface area contributed by atoms with E-state index in [0.717, 1.165) is 25.9 Å². The number of ether oxygens (including phenoxy) is 2. The van der Waals surface area contributed by atoms with Crippen LogP contribution in [0.3, 0.4) is 0 Å². The fraction of sp³-hybridized carbons (Fsp3) is 0.611. The molecule has 1 saturated heterocycles. The molecule has 0 aromatic heterocycles. The Balaban J connectivity index is 2.24. The minimum atomic E-state index is -0.332. The first-order valence-electron chi connectivity index (χ1n) is 8.56. The van der Waals surface area contributed by atoms with Crippen molar-refractivity contribution in [3.8, 4) is 17.2 Å². The van der Waals surface area contributed by atoms with Crippen LogP contribution in [-0.4, -0.2) is 55.8 Å². The van der Waals surface area contributed by atoms with Crippen molar-refractivity contribution in [3.05, 3.63) is 17.2 Å². The van der Waals surface area contributed by atoms with Gasteiger partial charge in [0, 0.05) is 12.6 Å². The molecular weight excluding hydrogens is 308 g/mol. The summed E-state index contributed by atoms with van der Waals surface area (Å²) in [6.45, 7) is 6.66. The molecule has 0 unspecified atom stereocenters. The molecule has 2 N–H and O–H groups in total. The van der Waals surface area contributed by atoms with Crippen molar-refractivity contribution in [2.75, 3.05) is 33.9 Å². The van der Waals surface area contributed by atoms with Crippen LogP contribution >= 0.6 is 0 Å². The van der Waals surface area contributed by atoms with Gasteiger partial charge < -0.3 is 19.9 Å². The highest BCUT2D eigenvalue weighted by molar-refractivity contribution is 6.01. The number of likely N-dealkylation sites (N-methyl/N-ethyl adjacent to an activating group) is 1. The van der Waals surface area contributed by atoms with E-state index < -0.39 is 0 Å². The number of hydrogen-bond acceptors (Lipinski definition) is 5. The Morgan fingerprint density at radius 1 is 1.38 bits per heavy atom. The molecule has 1 amide bonds. The highest BCUT2D eigenvalue weighted by atomic mass is 16.5. The fourth-order valence-corrected chi connectivity index (χ4v) is 3.36. The molecular formula is C18H28N2O4. The highest BCUT2D eigenvalue weighted by Gasteiger charge is 2.27. The summed E-state index contributed by atoms with van der Waals surface area (Å²) in [4.78, 5) is 15.1. The van der Waals surface area contributed by atoms with Crippen molar-refractivity contribution in [3.63, 3.8) is 0 Å². The van der Waals surface area contributed by atoms with Crippen molar-refractivity contribution >= 4 is 5.91 Å². The molecule has 2 rings (SSSR count). The Kier molecular flexibility index (Phi) is 6.31. The normalized spacial score (nSPS) is 17.8. The summed E-state index contributed by atoms with van der Waals surface area (Å²) in [6, 6.07) is 2.06. The lowest BCUT2D eigenvalue weighted by molar-refractivity contribution is 0.0934. The van der Waals surface area contributed by atoms with E-state index in [1.54, 1.807) is 6.07 Å². The number of benzene rings is 1. The molecule has 6 heteroatoms. The molecule has 134 valence electrons. The predicted molar refractivity (Wildman–Crippen MR) is 93.2 cm³/mol. The molecule has 0 spiro atoms. The average Bonchev–Trinajstić information content (AvgIpc) is 3.06. The summed E-state index contributed by atoms with van der Waals surface area (Å²) >= 11 is 0. The SMILES string of the molecule is CCc1cc(OC)c(OC)c(C(=O)NC[C@@H]2CCCN2CC)c1O. The molecule has 0 aliphatic carbocycles. The Morgan fingerprint density at radius 2 is 2.12 bits per heavy atom. The van der Waals surface area contributed by atoms with Gasteiger partial charge >= 0.3 is 0 Å². The van der Waals surface area contributed by atoms with Gasteiger partial charge in [-0.1, -0.05) is 13.8 Å². The lowest BCUT2D eigenvalue weighted by atomic mass is 10.0. The standard InChI is InChI=1S/C18H28N2O4/c1-5-12-10-14(23-3)17(24-4)15(16(12)21)18(22)19-11-13-8-7-9-20(13)6-2/h10,13,21H,5-9,11H2,1-4H3,(H,19,22)/t13-/m0/s1. The highest BCUT2D eigenvalue weighted by Crippen LogP contribution is 2.40. The molecule has 1 aliphatic rings. The number of nitrogens with one attached hydrogen (secondary N) is 1. The second-order valence-corrected chi connectivity index (χ2v) is 5.98. The van der Waals surface area contributed by atoms with E-state index >= 15 is 0 Å². The molecule has 1 heterocycles. The zero-order chi connectivity index (χ0) is 17.7. The van der Waals surface area contributed by atoms with Crippen molar-refractivity contribution < 1.29 is 19.4 Å². The first-order valence-corrected chi connectivity index (χ1v) is 8.56. The maximum absolute atomic E-state index is 12.7. The van der Waals surface area contributed by atoms with Gasteiger partial charge in [-0.3, -0.25) is 9.69 Å². The van der Waals surface area contributed by atoms with Crippen molar-refractivity contribution in [1.29, 1.82) is 0 Å². The Labute approximate surface area is 143 Å². The van der Waals surface area contributed by atoms with Crippen LogP contribution in [0.15, 0.2) is 6.07 Å². The Bertz CT molecular complexity index is 589. The summed E-state index contributed by atoms with van der Waals surface area (Å²) in [5, 5.41) is 13.4. The zero-order valence-electron chi connectivity index (χ0n) is 15.0. The summed E-state index contributed by atoms with van der Waals surface area (Å²) in [5.41, 5.74) is 0.809. The number of aromatic hydroxyl groups is 1. The van der Waals surface area contributed by atoms with Crippen LogP contribution in [0, 0.1) is 0 Å². The number of aryl methyl sites for hydroxylation is 1. The molecule has 1 aromatic carbocycles. The van der Waals surface area contributed by atoms with E-state index in [0.29, 0.717) is 30.3 Å². The maximum Gasteiger partial charge on any atom is 0.259 e. The van der Waals surface area contributed by atoms with Crippen LogP contribution in [0.2, 0.25) is 0 Å². The van der Waals surface area contributed by atoms with Crippen LogP contribution in [0.5, 0.6) is 17.2 Å². The van der Waals surface area contributed by atoms with Gasteiger partial charge in [0.25, 0.3) is 5.91 Å². The largest absolute Gasteiger partial charge is 0.507 e. The molecule has 0 radical (unpaired) electrons. The third-order valence-electron chi connectivity index (χ3n) is 4.73. The maximum atomic E-state index is 12.7. The second-order valence-electron chi connectivity index (χ2n) is 5.98. The summed E-state index contributed by atoms with van der Waals surface area (Å²) in [5.74, 6) is 0.351. The number of carbonyl (C=O) groups excluding carboxylic acids is 1. The molecule has 6 nitrogen and oxygen atoms in total. The van der Waals surface area contributed by atoms with Crippen LogP contribution in [0.25, 0.3) is 0 Å². The summed E-state index contributed by atoms with van der Waals surface area (Å²) in [7, 11) is 2.99. The van der Waals surface area contributed by atoms with Crippen LogP contribution in [-0.2, 0) is 6.42 Å². The van der Waals surface area contributed by atoms with E-state index in [9.17, 15) is 9.90 Å². The third-order valence-corrected chi connectivity index (χ3v) is 4.73. The van der Waals surface area contributed by atoms with Gasteiger partial charge in [-0.15, -0.1) is 0 Å². The van der Waals surface area contributed by atoms with Crippen molar-refractivity contribution in [2.45, 2.75) is 39.2 Å². The van der Waals surface area contributed by atoms with Gasteiger partial charge in [-0.2, -0.15) is 0 Å². The molecule has 24 heavy (non-hydrogen) atoms. The van der Waals surface area contributed by atoms with E-state index in [2.05, 4.69) is 17.1 Å². The molecule has 1 atom stereocenters. The number of rotatable bonds is 7. The van der Waals surface area contributed by atoms with Crippen LogP contribution < -0.4 is 14.8 Å². The average molecular weight is 336 g/mol. The monoisotopic (exact) mass is 336 g/mol. The molecule has 1 fully saturated rings. The Hall–Kier alpha value is -1.95. The number of carbonyl (C=O) groups is 1. The zero-order valence-corrected chi connectivity index (χ0v) is 15.0. The Morgan fingerprint density at radius 3 is 2.71 bits per heavy atom. The van der Waals surface area contributed by atoms with Crippen LogP contribution in [0.4, 0.5) is 0 Å². The van der Waals surface area contributed by atoms with Gasteiger partial charge in [0.15, 0.2) is 11.5 Å². The van der Waals surface area contributed by atoms with E-state index in [1.165, 1.54) is 14.2 Å². The number of hydrogen-bond donors (Lipinski definition) is 2. The summed E-state index contributed by atoms with van der Waals surface area (Å²) < 4.78 is 10.6. The molecule has 1 aliphatic heterocycles. The lowest BCUT2D eigenvalue weighted by Crippen LogP contribution is -2.40. The van der Waals surface area contributed by atoms with Crippen molar-refractivity contribution in [1.82, 2.24) is 10.2 Å². The predicted octanol–water partition coefficient (Wildman–Crippen LogP) is 2.19. The van der Waals surface area contributed by atoms with Gasteiger partial charge in [0.1, 0.15) is 11.3 Å². The quantitative estimate of drug-likeness (QED) is 0.799. The number of nitrogens with zero attached hydrogens (tertiary/aromatic N) is 1. The van der Waals surface area contributed by atoms with Gasteiger partial charge in [0.2, 0.25) is 0 Å². The molecule has 0 bridgehead atoms.